The van der Waals surface area contributed by atoms with Gasteiger partial charge in [0.25, 0.3) is 0 Å². The molecule has 0 bridgehead atoms. The fraction of sp³-hybridized carbons (Fsp3) is 0.333. The van der Waals surface area contributed by atoms with Crippen LogP contribution in [0.3, 0.4) is 0 Å². The van der Waals surface area contributed by atoms with Gasteiger partial charge < -0.3 is 10.0 Å². The Morgan fingerprint density at radius 1 is 1.26 bits per heavy atom. The molecule has 0 spiro atoms. The van der Waals surface area contributed by atoms with Crippen LogP contribution in [0.25, 0.3) is 0 Å². The Balaban J connectivity index is 2.33. The Labute approximate surface area is 106 Å². The number of benzene rings is 1. The number of halogens is 3. The van der Waals surface area contributed by atoms with Gasteiger partial charge in [0, 0.05) is 12.1 Å². The van der Waals surface area contributed by atoms with E-state index in [9.17, 15) is 27.9 Å². The molecule has 0 unspecified atom stereocenters. The third-order valence-corrected chi connectivity index (χ3v) is 3.00. The molecule has 0 fully saturated rings. The van der Waals surface area contributed by atoms with Crippen LogP contribution < -0.4 is 0 Å². The first-order chi connectivity index (χ1) is 8.71. The summed E-state index contributed by atoms with van der Waals surface area (Å²) in [5.41, 5.74) is 0.658. The van der Waals surface area contributed by atoms with Crippen LogP contribution in [-0.2, 0) is 17.9 Å². The topological polar surface area (TPSA) is 57.6 Å². The summed E-state index contributed by atoms with van der Waals surface area (Å²) < 4.78 is 37.0. The van der Waals surface area contributed by atoms with Gasteiger partial charge >= 0.3 is 12.1 Å². The molecular formula is C12H10F3NO3. The summed E-state index contributed by atoms with van der Waals surface area (Å²) >= 11 is 0. The van der Waals surface area contributed by atoms with Crippen molar-refractivity contribution in [2.45, 2.75) is 26.2 Å². The number of hydrogen-bond acceptors (Lipinski definition) is 3. The normalized spacial score (nSPS) is 14.4. The average Bonchev–Trinajstić information content (AvgIpc) is 2.71. The zero-order chi connectivity index (χ0) is 14.4. The van der Waals surface area contributed by atoms with Gasteiger partial charge in [0.15, 0.2) is 5.78 Å². The number of amides is 1. The molecule has 1 aliphatic heterocycles. The van der Waals surface area contributed by atoms with Gasteiger partial charge in [-0.15, -0.1) is 0 Å². The minimum atomic E-state index is -4.94. The number of fused-ring (bicyclic) bond motifs is 1. The zero-order valence-corrected chi connectivity index (χ0v) is 9.91. The van der Waals surface area contributed by atoms with Crippen molar-refractivity contribution in [1.82, 2.24) is 4.90 Å². The summed E-state index contributed by atoms with van der Waals surface area (Å²) in [6, 6.07) is 2.80. The monoisotopic (exact) mass is 273 g/mol. The zero-order valence-electron chi connectivity index (χ0n) is 9.91. The van der Waals surface area contributed by atoms with Gasteiger partial charge in [-0.1, -0.05) is 6.07 Å². The standard InChI is InChI=1S/C12H10F3NO3/c1-6(17)8-3-2-7-4-16(5-9(7)10(8)18)11(19)12(13,14)15/h2-3,18H,4-5H2,1H3. The molecule has 19 heavy (non-hydrogen) atoms. The molecule has 7 heteroatoms. The molecule has 1 aromatic carbocycles. The summed E-state index contributed by atoms with van der Waals surface area (Å²) in [6.45, 7) is 0.676. The van der Waals surface area contributed by atoms with E-state index in [1.165, 1.54) is 19.1 Å². The van der Waals surface area contributed by atoms with Crippen LogP contribution in [0.4, 0.5) is 13.2 Å². The highest BCUT2D eigenvalue weighted by molar-refractivity contribution is 5.97. The molecule has 0 radical (unpaired) electrons. The SMILES string of the molecule is CC(=O)c1ccc2c(c1O)CN(C(=O)C(F)(F)F)C2. The summed E-state index contributed by atoms with van der Waals surface area (Å²) in [4.78, 5) is 22.9. The van der Waals surface area contributed by atoms with Crippen LogP contribution in [0.2, 0.25) is 0 Å². The predicted octanol–water partition coefficient (Wildman–Crippen LogP) is 2.00. The summed E-state index contributed by atoms with van der Waals surface area (Å²) in [6.07, 6.45) is -4.94. The molecule has 4 nitrogen and oxygen atoms in total. The smallest absolute Gasteiger partial charge is 0.471 e. The quantitative estimate of drug-likeness (QED) is 0.796. The first-order valence-corrected chi connectivity index (χ1v) is 5.42. The molecule has 1 amide bonds. The Morgan fingerprint density at radius 2 is 1.89 bits per heavy atom. The van der Waals surface area contributed by atoms with Gasteiger partial charge in [-0.05, 0) is 18.6 Å². The van der Waals surface area contributed by atoms with E-state index in [-0.39, 0.29) is 35.7 Å². The van der Waals surface area contributed by atoms with E-state index >= 15 is 0 Å². The minimum Gasteiger partial charge on any atom is -0.507 e. The van der Waals surface area contributed by atoms with Crippen molar-refractivity contribution in [3.63, 3.8) is 0 Å². The van der Waals surface area contributed by atoms with Gasteiger partial charge in [0.1, 0.15) is 5.75 Å². The second-order valence-electron chi connectivity index (χ2n) is 4.31. The van der Waals surface area contributed by atoms with E-state index in [1.807, 2.05) is 0 Å². The molecule has 0 aromatic heterocycles. The number of carbonyl (C=O) groups is 2. The lowest BCUT2D eigenvalue weighted by atomic mass is 10.0. The Kier molecular flexibility index (Phi) is 3.00. The van der Waals surface area contributed by atoms with Crippen LogP contribution in [0.5, 0.6) is 5.75 Å². The first-order valence-electron chi connectivity index (χ1n) is 5.42. The number of carbonyl (C=O) groups excluding carboxylic acids is 2. The molecule has 2 rings (SSSR count). The number of phenols is 1. The van der Waals surface area contributed by atoms with Crippen molar-refractivity contribution in [1.29, 1.82) is 0 Å². The predicted molar refractivity (Wildman–Crippen MR) is 58.4 cm³/mol. The van der Waals surface area contributed by atoms with Crippen LogP contribution in [-0.4, -0.2) is 27.9 Å². The Morgan fingerprint density at radius 3 is 2.42 bits per heavy atom. The number of rotatable bonds is 1. The molecule has 0 saturated carbocycles. The number of aromatic hydroxyl groups is 1. The third-order valence-electron chi connectivity index (χ3n) is 3.00. The largest absolute Gasteiger partial charge is 0.507 e. The maximum Gasteiger partial charge on any atom is 0.471 e. The van der Waals surface area contributed by atoms with Crippen LogP contribution in [0.1, 0.15) is 28.4 Å². The fourth-order valence-corrected chi connectivity index (χ4v) is 2.06. The molecule has 1 aromatic rings. The number of ketones is 1. The van der Waals surface area contributed by atoms with Crippen LogP contribution in [0, 0.1) is 0 Å². The number of hydrogen-bond donors (Lipinski definition) is 1. The third kappa shape index (κ3) is 2.27. The first kappa shape index (κ1) is 13.4. The molecule has 1 heterocycles. The van der Waals surface area contributed by atoms with Crippen molar-refractivity contribution < 1.29 is 27.9 Å². The molecular weight excluding hydrogens is 263 g/mol. The number of alkyl halides is 3. The van der Waals surface area contributed by atoms with Gasteiger partial charge in [-0.2, -0.15) is 13.2 Å². The van der Waals surface area contributed by atoms with Crippen LogP contribution >= 0.6 is 0 Å². The molecule has 0 aliphatic carbocycles. The highest BCUT2D eigenvalue weighted by Crippen LogP contribution is 2.35. The van der Waals surface area contributed by atoms with E-state index in [2.05, 4.69) is 0 Å². The molecule has 1 aliphatic rings. The number of phenolic OH excluding ortho intramolecular Hbond substituents is 1. The van der Waals surface area contributed by atoms with Crippen molar-refractivity contribution in [2.75, 3.05) is 0 Å². The highest BCUT2D eigenvalue weighted by Gasteiger charge is 2.44. The number of nitrogens with zero attached hydrogens (tertiary/aromatic N) is 1. The fourth-order valence-electron chi connectivity index (χ4n) is 2.06. The maximum atomic E-state index is 12.3. The average molecular weight is 273 g/mol. The van der Waals surface area contributed by atoms with Gasteiger partial charge in [0.2, 0.25) is 0 Å². The van der Waals surface area contributed by atoms with Crippen molar-refractivity contribution in [3.05, 3.63) is 28.8 Å². The van der Waals surface area contributed by atoms with Crippen molar-refractivity contribution >= 4 is 11.7 Å². The van der Waals surface area contributed by atoms with E-state index in [1.54, 1.807) is 0 Å². The van der Waals surface area contributed by atoms with Gasteiger partial charge in [-0.3, -0.25) is 9.59 Å². The Hall–Kier alpha value is -2.05. The molecule has 0 atom stereocenters. The second-order valence-corrected chi connectivity index (χ2v) is 4.31. The summed E-state index contributed by atoms with van der Waals surface area (Å²) in [5, 5.41) is 9.84. The van der Waals surface area contributed by atoms with E-state index < -0.39 is 12.1 Å². The lowest BCUT2D eigenvalue weighted by Crippen LogP contribution is -2.37. The second kappa shape index (κ2) is 4.25. The molecule has 0 saturated heterocycles. The summed E-state index contributed by atoms with van der Waals surface area (Å²) in [5.74, 6) is -2.68. The number of Topliss-reactive ketones (excluding diaryl/α,β-unsaturated/α-hetero) is 1. The van der Waals surface area contributed by atoms with Gasteiger partial charge in [0.05, 0.1) is 12.1 Å². The van der Waals surface area contributed by atoms with E-state index in [0.29, 0.717) is 10.5 Å². The Bertz CT molecular complexity index is 566. The lowest BCUT2D eigenvalue weighted by molar-refractivity contribution is -0.186. The highest BCUT2D eigenvalue weighted by atomic mass is 19.4. The van der Waals surface area contributed by atoms with E-state index in [4.69, 9.17) is 0 Å². The minimum absolute atomic E-state index is 0.0417. The van der Waals surface area contributed by atoms with Crippen LogP contribution in [0.15, 0.2) is 12.1 Å². The molecule has 102 valence electrons. The molecule has 1 N–H and O–H groups in total. The van der Waals surface area contributed by atoms with Crippen molar-refractivity contribution in [3.8, 4) is 5.75 Å². The lowest BCUT2D eigenvalue weighted by Gasteiger charge is -2.16. The van der Waals surface area contributed by atoms with Gasteiger partial charge in [-0.25, -0.2) is 0 Å². The summed E-state index contributed by atoms with van der Waals surface area (Å²) in [7, 11) is 0. The maximum absolute atomic E-state index is 12.3. The van der Waals surface area contributed by atoms with E-state index in [0.717, 1.165) is 0 Å². The van der Waals surface area contributed by atoms with Crippen molar-refractivity contribution in [2.24, 2.45) is 0 Å².